The lowest BCUT2D eigenvalue weighted by Crippen LogP contribution is -2.19. The lowest BCUT2D eigenvalue weighted by Gasteiger charge is -2.24. The average molecular weight is 175 g/mol. The van der Waals surface area contributed by atoms with Crippen molar-refractivity contribution in [1.29, 1.82) is 0 Å². The van der Waals surface area contributed by atoms with Crippen LogP contribution in [0.3, 0.4) is 0 Å². The summed E-state index contributed by atoms with van der Waals surface area (Å²) in [5.74, 6) is 1.63. The lowest BCUT2D eigenvalue weighted by molar-refractivity contribution is 0.285. The normalized spacial score (nSPS) is 36.8. The van der Waals surface area contributed by atoms with Crippen LogP contribution in [0.4, 0.5) is 0 Å². The molecule has 0 spiro atoms. The number of halogens is 1. The van der Waals surface area contributed by atoms with Gasteiger partial charge in [-0.2, -0.15) is 0 Å². The predicted molar refractivity (Wildman–Crippen MR) is 51.0 cm³/mol. The highest BCUT2D eigenvalue weighted by atomic mass is 35.5. The molecule has 1 heteroatoms. The zero-order valence-corrected chi connectivity index (χ0v) is 8.83. The molecule has 2 atom stereocenters. The molecule has 0 nitrogen and oxygen atoms in total. The van der Waals surface area contributed by atoms with Crippen molar-refractivity contribution in [3.05, 3.63) is 0 Å². The van der Waals surface area contributed by atoms with Crippen LogP contribution in [0.2, 0.25) is 0 Å². The summed E-state index contributed by atoms with van der Waals surface area (Å²) in [5.41, 5.74) is 0.966. The Morgan fingerprint density at radius 3 is 2.00 bits per heavy atom. The molecule has 0 aliphatic heterocycles. The van der Waals surface area contributed by atoms with E-state index in [0.29, 0.717) is 10.8 Å². The van der Waals surface area contributed by atoms with Crippen LogP contribution < -0.4 is 0 Å². The Morgan fingerprint density at radius 1 is 1.45 bits per heavy atom. The summed E-state index contributed by atoms with van der Waals surface area (Å²) in [6, 6.07) is 0. The topological polar surface area (TPSA) is 0 Å². The molecule has 0 aromatic heterocycles. The highest BCUT2D eigenvalue weighted by Crippen LogP contribution is 2.68. The second-order valence-electron chi connectivity index (χ2n) is 4.66. The van der Waals surface area contributed by atoms with E-state index in [2.05, 4.69) is 27.7 Å². The maximum Gasteiger partial charge on any atom is 0.0287 e. The van der Waals surface area contributed by atoms with E-state index in [0.717, 1.165) is 11.8 Å². The number of hydrogen-bond donors (Lipinski definition) is 0. The lowest BCUT2D eigenvalue weighted by atomic mass is 9.84. The fourth-order valence-corrected chi connectivity index (χ4v) is 3.06. The van der Waals surface area contributed by atoms with Crippen LogP contribution in [0.25, 0.3) is 0 Å². The smallest absolute Gasteiger partial charge is 0.0287 e. The van der Waals surface area contributed by atoms with Gasteiger partial charge in [-0.3, -0.25) is 0 Å². The standard InChI is InChI=1S/C10H19Cl/c1-5-8(2)10(7-11)6-9(10,3)4/h8H,5-7H2,1-4H3. The first-order chi connectivity index (χ1) is 5.00. The van der Waals surface area contributed by atoms with Gasteiger partial charge in [-0.15, -0.1) is 11.6 Å². The highest BCUT2D eigenvalue weighted by molar-refractivity contribution is 6.18. The van der Waals surface area contributed by atoms with Gasteiger partial charge in [-0.1, -0.05) is 34.1 Å². The fourth-order valence-electron chi connectivity index (χ4n) is 2.34. The van der Waals surface area contributed by atoms with Crippen LogP contribution in [0.1, 0.15) is 40.5 Å². The Balaban J connectivity index is 2.67. The van der Waals surface area contributed by atoms with Crippen LogP contribution in [0.5, 0.6) is 0 Å². The Labute approximate surface area is 75.3 Å². The number of rotatable bonds is 3. The second kappa shape index (κ2) is 2.65. The van der Waals surface area contributed by atoms with E-state index in [1.807, 2.05) is 0 Å². The summed E-state index contributed by atoms with van der Waals surface area (Å²) in [7, 11) is 0. The molecule has 0 saturated heterocycles. The van der Waals surface area contributed by atoms with Crippen LogP contribution in [-0.4, -0.2) is 5.88 Å². The fraction of sp³-hybridized carbons (Fsp3) is 1.00. The molecule has 1 aliphatic carbocycles. The molecular formula is C10H19Cl. The summed E-state index contributed by atoms with van der Waals surface area (Å²) >= 11 is 6.01. The molecule has 0 amide bonds. The van der Waals surface area contributed by atoms with Crippen LogP contribution >= 0.6 is 11.6 Å². The van der Waals surface area contributed by atoms with Crippen molar-refractivity contribution < 1.29 is 0 Å². The van der Waals surface area contributed by atoms with Gasteiger partial charge in [0, 0.05) is 5.88 Å². The van der Waals surface area contributed by atoms with E-state index < -0.39 is 0 Å². The Kier molecular flexibility index (Phi) is 2.26. The molecule has 1 rings (SSSR count). The summed E-state index contributed by atoms with van der Waals surface area (Å²) in [6.45, 7) is 9.26. The largest absolute Gasteiger partial charge is 0.126 e. The van der Waals surface area contributed by atoms with Gasteiger partial charge in [0.1, 0.15) is 0 Å². The van der Waals surface area contributed by atoms with Crippen molar-refractivity contribution in [2.45, 2.75) is 40.5 Å². The van der Waals surface area contributed by atoms with Gasteiger partial charge in [-0.25, -0.2) is 0 Å². The van der Waals surface area contributed by atoms with E-state index in [9.17, 15) is 0 Å². The zero-order chi connectivity index (χ0) is 8.70. The number of hydrogen-bond acceptors (Lipinski definition) is 0. The summed E-state index contributed by atoms with van der Waals surface area (Å²) in [4.78, 5) is 0. The van der Waals surface area contributed by atoms with Crippen molar-refractivity contribution in [3.8, 4) is 0 Å². The molecule has 1 aliphatic rings. The van der Waals surface area contributed by atoms with Crippen molar-refractivity contribution in [2.24, 2.45) is 16.7 Å². The molecule has 11 heavy (non-hydrogen) atoms. The molecule has 0 radical (unpaired) electrons. The van der Waals surface area contributed by atoms with Crippen LogP contribution in [-0.2, 0) is 0 Å². The summed E-state index contributed by atoms with van der Waals surface area (Å²) in [5, 5.41) is 0. The van der Waals surface area contributed by atoms with Crippen LogP contribution in [0, 0.1) is 16.7 Å². The van der Waals surface area contributed by atoms with E-state index in [1.165, 1.54) is 12.8 Å². The molecule has 0 N–H and O–H groups in total. The zero-order valence-electron chi connectivity index (χ0n) is 8.08. The molecule has 0 aromatic carbocycles. The van der Waals surface area contributed by atoms with E-state index in [-0.39, 0.29) is 0 Å². The summed E-state index contributed by atoms with van der Waals surface area (Å²) in [6.07, 6.45) is 2.58. The van der Waals surface area contributed by atoms with Gasteiger partial charge in [0.15, 0.2) is 0 Å². The van der Waals surface area contributed by atoms with Crippen LogP contribution in [0.15, 0.2) is 0 Å². The maximum atomic E-state index is 6.01. The monoisotopic (exact) mass is 174 g/mol. The van der Waals surface area contributed by atoms with Gasteiger partial charge in [0.2, 0.25) is 0 Å². The Morgan fingerprint density at radius 2 is 1.91 bits per heavy atom. The van der Waals surface area contributed by atoms with Gasteiger partial charge >= 0.3 is 0 Å². The van der Waals surface area contributed by atoms with Crippen molar-refractivity contribution in [1.82, 2.24) is 0 Å². The Bertz CT molecular complexity index is 151. The first kappa shape index (κ1) is 9.38. The Hall–Kier alpha value is 0.290. The highest BCUT2D eigenvalue weighted by Gasteiger charge is 2.62. The first-order valence-electron chi connectivity index (χ1n) is 4.56. The molecule has 66 valence electrons. The third-order valence-electron chi connectivity index (χ3n) is 3.77. The van der Waals surface area contributed by atoms with Gasteiger partial charge in [0.05, 0.1) is 0 Å². The second-order valence-corrected chi connectivity index (χ2v) is 4.93. The van der Waals surface area contributed by atoms with Crippen molar-refractivity contribution >= 4 is 11.6 Å². The molecule has 2 unspecified atom stereocenters. The van der Waals surface area contributed by atoms with Gasteiger partial charge in [-0.05, 0) is 23.2 Å². The minimum atomic E-state index is 0.462. The SMILES string of the molecule is CCC(C)C1(CCl)CC1(C)C. The van der Waals surface area contributed by atoms with E-state index in [1.54, 1.807) is 0 Å². The van der Waals surface area contributed by atoms with Gasteiger partial charge < -0.3 is 0 Å². The molecule has 1 fully saturated rings. The third kappa shape index (κ3) is 1.20. The van der Waals surface area contributed by atoms with E-state index >= 15 is 0 Å². The third-order valence-corrected chi connectivity index (χ3v) is 4.25. The number of alkyl halides is 1. The summed E-state index contributed by atoms with van der Waals surface area (Å²) < 4.78 is 0. The molecule has 0 heterocycles. The minimum absolute atomic E-state index is 0.462. The molecular weight excluding hydrogens is 156 g/mol. The van der Waals surface area contributed by atoms with Crippen molar-refractivity contribution in [3.63, 3.8) is 0 Å². The predicted octanol–water partition coefficient (Wildman–Crippen LogP) is 3.69. The minimum Gasteiger partial charge on any atom is -0.126 e. The molecule has 0 aromatic rings. The molecule has 1 saturated carbocycles. The van der Waals surface area contributed by atoms with Gasteiger partial charge in [0.25, 0.3) is 0 Å². The van der Waals surface area contributed by atoms with Crippen molar-refractivity contribution in [2.75, 3.05) is 5.88 Å². The van der Waals surface area contributed by atoms with E-state index in [4.69, 9.17) is 11.6 Å². The maximum absolute atomic E-state index is 6.01. The molecule has 0 bridgehead atoms. The average Bonchev–Trinajstić information content (AvgIpc) is 2.53. The quantitative estimate of drug-likeness (QED) is 0.573. The first-order valence-corrected chi connectivity index (χ1v) is 5.09.